The Balaban J connectivity index is 2.68. The van der Waals surface area contributed by atoms with Gasteiger partial charge in [0.1, 0.15) is 0 Å². The van der Waals surface area contributed by atoms with Gasteiger partial charge in [0.05, 0.1) is 12.3 Å². The molecule has 1 rings (SSSR count). The monoisotopic (exact) mass is 253 g/mol. The van der Waals surface area contributed by atoms with E-state index in [1.165, 1.54) is 11.4 Å². The van der Waals surface area contributed by atoms with Gasteiger partial charge in [-0.15, -0.1) is 0 Å². The highest BCUT2D eigenvalue weighted by Crippen LogP contribution is 2.09. The molecule has 1 heterocycles. The first kappa shape index (κ1) is 15.2. The SMILES string of the molecule is CCNC(COCC)Cc1cc(CC)nn1CC. The molecule has 4 heteroatoms. The van der Waals surface area contributed by atoms with Crippen LogP contribution in [0.15, 0.2) is 6.07 Å². The molecule has 0 aromatic carbocycles. The molecule has 0 aliphatic heterocycles. The van der Waals surface area contributed by atoms with Gasteiger partial charge in [-0.2, -0.15) is 5.10 Å². The molecule has 1 aromatic heterocycles. The number of nitrogens with one attached hydrogen (secondary N) is 1. The molecular weight excluding hydrogens is 226 g/mol. The molecule has 104 valence electrons. The molecule has 0 fully saturated rings. The Kier molecular flexibility index (Phi) is 6.98. The van der Waals surface area contributed by atoms with Crippen LogP contribution >= 0.6 is 0 Å². The number of likely N-dealkylation sites (N-methyl/N-ethyl adjacent to an activating group) is 1. The second-order valence-corrected chi connectivity index (χ2v) is 4.41. The Labute approximate surface area is 111 Å². The third-order valence-corrected chi connectivity index (χ3v) is 3.05. The third kappa shape index (κ3) is 4.42. The molecule has 0 radical (unpaired) electrons. The number of hydrogen-bond acceptors (Lipinski definition) is 3. The lowest BCUT2D eigenvalue weighted by atomic mass is 10.1. The zero-order valence-electron chi connectivity index (χ0n) is 12.2. The first-order chi connectivity index (χ1) is 8.74. The van der Waals surface area contributed by atoms with Crippen molar-refractivity contribution >= 4 is 0 Å². The van der Waals surface area contributed by atoms with E-state index in [2.05, 4.69) is 41.9 Å². The lowest BCUT2D eigenvalue weighted by molar-refractivity contribution is 0.122. The Bertz CT molecular complexity index is 336. The quantitative estimate of drug-likeness (QED) is 0.732. The van der Waals surface area contributed by atoms with E-state index < -0.39 is 0 Å². The molecule has 1 unspecified atom stereocenters. The molecule has 0 aliphatic rings. The molecule has 4 nitrogen and oxygen atoms in total. The molecule has 1 N–H and O–H groups in total. The van der Waals surface area contributed by atoms with E-state index in [9.17, 15) is 0 Å². The van der Waals surface area contributed by atoms with Gasteiger partial charge in [-0.3, -0.25) is 4.68 Å². The zero-order valence-corrected chi connectivity index (χ0v) is 12.2. The van der Waals surface area contributed by atoms with E-state index in [0.717, 1.165) is 39.1 Å². The summed E-state index contributed by atoms with van der Waals surface area (Å²) in [6.07, 6.45) is 1.98. The lowest BCUT2D eigenvalue weighted by Crippen LogP contribution is -2.36. The molecule has 0 aliphatic carbocycles. The number of ether oxygens (including phenoxy) is 1. The lowest BCUT2D eigenvalue weighted by Gasteiger charge is -2.18. The predicted molar refractivity (Wildman–Crippen MR) is 74.9 cm³/mol. The van der Waals surface area contributed by atoms with Crippen LogP contribution in [0.3, 0.4) is 0 Å². The van der Waals surface area contributed by atoms with Gasteiger partial charge in [0, 0.05) is 31.3 Å². The van der Waals surface area contributed by atoms with Crippen molar-refractivity contribution in [2.24, 2.45) is 0 Å². The van der Waals surface area contributed by atoms with Crippen molar-refractivity contribution in [3.63, 3.8) is 0 Å². The normalized spacial score (nSPS) is 12.9. The molecule has 1 aromatic rings. The number of rotatable bonds is 9. The van der Waals surface area contributed by atoms with E-state index in [1.807, 2.05) is 6.92 Å². The maximum Gasteiger partial charge on any atom is 0.0624 e. The smallest absolute Gasteiger partial charge is 0.0624 e. The van der Waals surface area contributed by atoms with Crippen LogP contribution in [0.25, 0.3) is 0 Å². The van der Waals surface area contributed by atoms with Crippen LogP contribution in [0.4, 0.5) is 0 Å². The fraction of sp³-hybridized carbons (Fsp3) is 0.786. The summed E-state index contributed by atoms with van der Waals surface area (Å²) < 4.78 is 7.64. The van der Waals surface area contributed by atoms with Gasteiger partial charge in [0.2, 0.25) is 0 Å². The molecule has 0 bridgehead atoms. The summed E-state index contributed by atoms with van der Waals surface area (Å²) in [5.41, 5.74) is 2.48. The molecule has 0 spiro atoms. The van der Waals surface area contributed by atoms with Gasteiger partial charge >= 0.3 is 0 Å². The molecule has 0 amide bonds. The van der Waals surface area contributed by atoms with Crippen molar-refractivity contribution in [3.05, 3.63) is 17.5 Å². The van der Waals surface area contributed by atoms with E-state index in [-0.39, 0.29) is 0 Å². The second-order valence-electron chi connectivity index (χ2n) is 4.41. The van der Waals surface area contributed by atoms with Crippen molar-refractivity contribution in [2.75, 3.05) is 19.8 Å². The van der Waals surface area contributed by atoms with E-state index in [0.29, 0.717) is 6.04 Å². The summed E-state index contributed by atoms with van der Waals surface area (Å²) in [5.74, 6) is 0. The highest BCUT2D eigenvalue weighted by Gasteiger charge is 2.13. The van der Waals surface area contributed by atoms with Crippen LogP contribution in [0.1, 0.15) is 39.1 Å². The fourth-order valence-corrected chi connectivity index (χ4v) is 2.12. The molecule has 0 saturated heterocycles. The van der Waals surface area contributed by atoms with Crippen LogP contribution < -0.4 is 5.32 Å². The van der Waals surface area contributed by atoms with Gasteiger partial charge in [-0.25, -0.2) is 0 Å². The summed E-state index contributed by atoms with van der Waals surface area (Å²) in [7, 11) is 0. The third-order valence-electron chi connectivity index (χ3n) is 3.05. The summed E-state index contributed by atoms with van der Waals surface area (Å²) in [4.78, 5) is 0. The number of aromatic nitrogens is 2. The number of nitrogens with zero attached hydrogens (tertiary/aromatic N) is 2. The average Bonchev–Trinajstić information content (AvgIpc) is 2.78. The minimum absolute atomic E-state index is 0.377. The number of aryl methyl sites for hydroxylation is 2. The second kappa shape index (κ2) is 8.27. The van der Waals surface area contributed by atoms with E-state index in [4.69, 9.17) is 4.74 Å². The highest BCUT2D eigenvalue weighted by molar-refractivity contribution is 5.12. The molecule has 18 heavy (non-hydrogen) atoms. The average molecular weight is 253 g/mol. The maximum absolute atomic E-state index is 5.53. The van der Waals surface area contributed by atoms with Crippen molar-refractivity contribution in [1.29, 1.82) is 0 Å². The molecule has 1 atom stereocenters. The summed E-state index contributed by atoms with van der Waals surface area (Å²) in [6.45, 7) is 11.9. The Morgan fingerprint density at radius 1 is 1.33 bits per heavy atom. The fourth-order valence-electron chi connectivity index (χ4n) is 2.12. The van der Waals surface area contributed by atoms with Gasteiger partial charge in [-0.05, 0) is 32.9 Å². The van der Waals surface area contributed by atoms with Crippen LogP contribution in [-0.4, -0.2) is 35.6 Å². The molecular formula is C14H27N3O. The summed E-state index contributed by atoms with van der Waals surface area (Å²) in [5, 5.41) is 8.07. The Hall–Kier alpha value is -0.870. The predicted octanol–water partition coefficient (Wildman–Crippen LogP) is 2.02. The van der Waals surface area contributed by atoms with Crippen molar-refractivity contribution in [1.82, 2.24) is 15.1 Å². The molecule has 0 saturated carbocycles. The van der Waals surface area contributed by atoms with Crippen LogP contribution in [0.2, 0.25) is 0 Å². The van der Waals surface area contributed by atoms with E-state index in [1.54, 1.807) is 0 Å². The first-order valence-electron chi connectivity index (χ1n) is 7.11. The van der Waals surface area contributed by atoms with Crippen molar-refractivity contribution in [3.8, 4) is 0 Å². The largest absolute Gasteiger partial charge is 0.380 e. The summed E-state index contributed by atoms with van der Waals surface area (Å²) >= 11 is 0. The van der Waals surface area contributed by atoms with Crippen LogP contribution in [0, 0.1) is 0 Å². The Morgan fingerprint density at radius 3 is 2.67 bits per heavy atom. The standard InChI is InChI=1S/C14H27N3O/c1-5-12-9-14(17(7-3)16-12)10-13(15-6-2)11-18-8-4/h9,13,15H,5-8,10-11H2,1-4H3. The number of hydrogen-bond donors (Lipinski definition) is 1. The van der Waals surface area contributed by atoms with E-state index >= 15 is 0 Å². The zero-order chi connectivity index (χ0) is 13.4. The van der Waals surface area contributed by atoms with Gasteiger partial charge in [0.15, 0.2) is 0 Å². The summed E-state index contributed by atoms with van der Waals surface area (Å²) in [6, 6.07) is 2.60. The van der Waals surface area contributed by atoms with Gasteiger partial charge in [-0.1, -0.05) is 13.8 Å². The minimum atomic E-state index is 0.377. The van der Waals surface area contributed by atoms with Crippen LogP contribution in [-0.2, 0) is 24.1 Å². The van der Waals surface area contributed by atoms with Crippen molar-refractivity contribution < 1.29 is 4.74 Å². The maximum atomic E-state index is 5.53. The topological polar surface area (TPSA) is 39.1 Å². The van der Waals surface area contributed by atoms with Crippen LogP contribution in [0.5, 0.6) is 0 Å². The minimum Gasteiger partial charge on any atom is -0.380 e. The van der Waals surface area contributed by atoms with Crippen molar-refractivity contribution in [2.45, 2.75) is 53.1 Å². The van der Waals surface area contributed by atoms with Gasteiger partial charge < -0.3 is 10.1 Å². The first-order valence-corrected chi connectivity index (χ1v) is 7.11. The Morgan fingerprint density at radius 2 is 2.11 bits per heavy atom. The van der Waals surface area contributed by atoms with Gasteiger partial charge in [0.25, 0.3) is 0 Å². The highest BCUT2D eigenvalue weighted by atomic mass is 16.5.